The number of amides is 1. The number of rotatable bonds is 4. The number of anilines is 1. The Bertz CT molecular complexity index is 1310. The van der Waals surface area contributed by atoms with E-state index in [9.17, 15) is 4.79 Å². The summed E-state index contributed by atoms with van der Waals surface area (Å²) in [6.45, 7) is 10.3. The molecule has 2 aliphatic heterocycles. The fraction of sp³-hybridized carbons (Fsp3) is 0.367. The molecular formula is C30H34N2O3. The minimum absolute atomic E-state index is 0.0318. The average Bonchev–Trinajstić information content (AvgIpc) is 3.12. The van der Waals surface area contributed by atoms with E-state index in [-0.39, 0.29) is 23.1 Å². The first-order valence-corrected chi connectivity index (χ1v) is 12.2. The van der Waals surface area contributed by atoms with Gasteiger partial charge < -0.3 is 20.1 Å². The number of hydrogen-bond acceptors (Lipinski definition) is 4. The monoisotopic (exact) mass is 470 g/mol. The van der Waals surface area contributed by atoms with Gasteiger partial charge in [0, 0.05) is 30.1 Å². The maximum absolute atomic E-state index is 11.5. The third-order valence-corrected chi connectivity index (χ3v) is 6.87. The first kappa shape index (κ1) is 23.4. The fourth-order valence-electron chi connectivity index (χ4n) is 5.57. The SMILES string of the molecule is COc1cc2c(c3c1OC(C)(C)C3)C(c1cccc(-c3cccc(NC(C)=O)c3)c1)NC(C)(C)C2. The van der Waals surface area contributed by atoms with Gasteiger partial charge in [-0.05, 0) is 86.2 Å². The molecule has 182 valence electrons. The molecule has 0 fully saturated rings. The number of benzene rings is 3. The van der Waals surface area contributed by atoms with E-state index < -0.39 is 0 Å². The predicted molar refractivity (Wildman–Crippen MR) is 140 cm³/mol. The molecule has 0 aliphatic carbocycles. The molecule has 5 rings (SSSR count). The number of methoxy groups -OCH3 is 1. The number of nitrogens with one attached hydrogen (secondary N) is 2. The van der Waals surface area contributed by atoms with Gasteiger partial charge in [-0.2, -0.15) is 0 Å². The molecular weight excluding hydrogens is 436 g/mol. The quantitative estimate of drug-likeness (QED) is 0.487. The Morgan fingerprint density at radius 1 is 1.03 bits per heavy atom. The third kappa shape index (κ3) is 4.53. The molecule has 0 saturated carbocycles. The van der Waals surface area contributed by atoms with Gasteiger partial charge in [0.15, 0.2) is 11.5 Å². The van der Waals surface area contributed by atoms with E-state index in [1.165, 1.54) is 29.2 Å². The minimum atomic E-state index is -0.270. The second-order valence-electron chi connectivity index (χ2n) is 11.0. The zero-order valence-electron chi connectivity index (χ0n) is 21.4. The van der Waals surface area contributed by atoms with E-state index in [0.29, 0.717) is 0 Å². The van der Waals surface area contributed by atoms with Crippen molar-refractivity contribution in [1.29, 1.82) is 0 Å². The van der Waals surface area contributed by atoms with E-state index in [0.717, 1.165) is 41.2 Å². The van der Waals surface area contributed by atoms with Crippen LogP contribution in [-0.2, 0) is 17.6 Å². The van der Waals surface area contributed by atoms with Gasteiger partial charge in [0.1, 0.15) is 5.60 Å². The number of fused-ring (bicyclic) bond motifs is 3. The lowest BCUT2D eigenvalue weighted by atomic mass is 9.77. The van der Waals surface area contributed by atoms with Gasteiger partial charge in [-0.15, -0.1) is 0 Å². The molecule has 0 spiro atoms. The molecule has 2 heterocycles. The number of carbonyl (C=O) groups excluding carboxylic acids is 1. The fourth-order valence-corrected chi connectivity index (χ4v) is 5.57. The zero-order chi connectivity index (χ0) is 25.0. The Morgan fingerprint density at radius 3 is 2.46 bits per heavy atom. The van der Waals surface area contributed by atoms with Crippen molar-refractivity contribution in [2.45, 2.75) is 64.6 Å². The van der Waals surface area contributed by atoms with Crippen molar-refractivity contribution in [3.05, 3.63) is 76.9 Å². The summed E-state index contributed by atoms with van der Waals surface area (Å²) in [5.41, 5.74) is 7.71. The third-order valence-electron chi connectivity index (χ3n) is 6.87. The van der Waals surface area contributed by atoms with Crippen LogP contribution in [0.25, 0.3) is 11.1 Å². The largest absolute Gasteiger partial charge is 0.493 e. The highest BCUT2D eigenvalue weighted by molar-refractivity contribution is 5.89. The normalized spacial score (nSPS) is 19.3. The molecule has 0 radical (unpaired) electrons. The van der Waals surface area contributed by atoms with Gasteiger partial charge in [-0.3, -0.25) is 4.79 Å². The molecule has 5 heteroatoms. The Hall–Kier alpha value is -3.31. The van der Waals surface area contributed by atoms with E-state index in [1.54, 1.807) is 7.11 Å². The molecule has 1 unspecified atom stereocenters. The lowest BCUT2D eigenvalue weighted by molar-refractivity contribution is -0.114. The predicted octanol–water partition coefficient (Wildman–Crippen LogP) is 6.05. The smallest absolute Gasteiger partial charge is 0.221 e. The minimum Gasteiger partial charge on any atom is -0.493 e. The number of ether oxygens (including phenoxy) is 2. The van der Waals surface area contributed by atoms with Crippen LogP contribution in [0.15, 0.2) is 54.6 Å². The molecule has 2 aliphatic rings. The Labute approximate surface area is 207 Å². The van der Waals surface area contributed by atoms with Crippen molar-refractivity contribution in [2.75, 3.05) is 12.4 Å². The summed E-state index contributed by atoms with van der Waals surface area (Å²) < 4.78 is 12.1. The zero-order valence-corrected chi connectivity index (χ0v) is 21.4. The maximum Gasteiger partial charge on any atom is 0.221 e. The molecule has 1 atom stereocenters. The summed E-state index contributed by atoms with van der Waals surface area (Å²) in [6, 6.07) is 18.9. The molecule has 3 aromatic carbocycles. The lowest BCUT2D eigenvalue weighted by Crippen LogP contribution is -2.48. The molecule has 2 N–H and O–H groups in total. The van der Waals surface area contributed by atoms with Crippen LogP contribution >= 0.6 is 0 Å². The topological polar surface area (TPSA) is 59.6 Å². The van der Waals surface area contributed by atoms with Crippen molar-refractivity contribution < 1.29 is 14.3 Å². The van der Waals surface area contributed by atoms with Crippen LogP contribution in [0.1, 0.15) is 62.9 Å². The molecule has 3 aromatic rings. The summed E-state index contributed by atoms with van der Waals surface area (Å²) in [7, 11) is 1.72. The van der Waals surface area contributed by atoms with Crippen LogP contribution in [0, 0.1) is 0 Å². The van der Waals surface area contributed by atoms with Gasteiger partial charge in [-0.1, -0.05) is 30.3 Å². The summed E-state index contributed by atoms with van der Waals surface area (Å²) in [5.74, 6) is 1.63. The van der Waals surface area contributed by atoms with Crippen LogP contribution in [0.5, 0.6) is 11.5 Å². The van der Waals surface area contributed by atoms with E-state index in [1.807, 2.05) is 18.2 Å². The molecule has 0 saturated heterocycles. The van der Waals surface area contributed by atoms with Gasteiger partial charge in [0.2, 0.25) is 5.91 Å². The van der Waals surface area contributed by atoms with Crippen LogP contribution < -0.4 is 20.1 Å². The first-order valence-electron chi connectivity index (χ1n) is 12.2. The van der Waals surface area contributed by atoms with Crippen molar-refractivity contribution in [3.63, 3.8) is 0 Å². The second kappa shape index (κ2) is 8.42. The second-order valence-corrected chi connectivity index (χ2v) is 11.0. The van der Waals surface area contributed by atoms with Crippen LogP contribution in [0.2, 0.25) is 0 Å². The van der Waals surface area contributed by atoms with E-state index in [4.69, 9.17) is 9.47 Å². The Kier molecular flexibility index (Phi) is 5.64. The molecule has 0 aromatic heterocycles. The van der Waals surface area contributed by atoms with Crippen molar-refractivity contribution in [1.82, 2.24) is 5.32 Å². The van der Waals surface area contributed by atoms with Crippen LogP contribution in [0.3, 0.4) is 0 Å². The Morgan fingerprint density at radius 2 is 1.74 bits per heavy atom. The highest BCUT2D eigenvalue weighted by atomic mass is 16.5. The molecule has 0 bridgehead atoms. The van der Waals surface area contributed by atoms with Gasteiger partial charge in [-0.25, -0.2) is 0 Å². The highest BCUT2D eigenvalue weighted by Crippen LogP contribution is 2.50. The summed E-state index contributed by atoms with van der Waals surface area (Å²) >= 11 is 0. The first-order chi connectivity index (χ1) is 16.5. The van der Waals surface area contributed by atoms with Crippen LogP contribution in [-0.4, -0.2) is 24.2 Å². The van der Waals surface area contributed by atoms with Crippen molar-refractivity contribution >= 4 is 11.6 Å². The molecule has 35 heavy (non-hydrogen) atoms. The average molecular weight is 471 g/mol. The van der Waals surface area contributed by atoms with Gasteiger partial charge in [0.25, 0.3) is 0 Å². The summed E-state index contributed by atoms with van der Waals surface area (Å²) in [4.78, 5) is 11.5. The standard InChI is InChI=1S/C30H34N2O3/c1-18(33)31-23-12-8-10-20(14-23)19-9-7-11-21(13-19)27-26-22(16-29(2,3)32-27)15-25(34-6)28-24(26)17-30(4,5)35-28/h7-15,27,32H,16-17H2,1-6H3,(H,31,33). The van der Waals surface area contributed by atoms with Crippen molar-refractivity contribution in [3.8, 4) is 22.6 Å². The molecule has 5 nitrogen and oxygen atoms in total. The van der Waals surface area contributed by atoms with Gasteiger partial charge in [0.05, 0.1) is 13.2 Å². The van der Waals surface area contributed by atoms with Crippen LogP contribution in [0.4, 0.5) is 5.69 Å². The number of hydrogen-bond donors (Lipinski definition) is 2. The van der Waals surface area contributed by atoms with Crippen molar-refractivity contribution in [2.24, 2.45) is 0 Å². The van der Waals surface area contributed by atoms with Gasteiger partial charge >= 0.3 is 0 Å². The maximum atomic E-state index is 11.5. The summed E-state index contributed by atoms with van der Waals surface area (Å²) in [6.07, 6.45) is 1.76. The Balaban J connectivity index is 1.62. The number of carbonyl (C=O) groups is 1. The summed E-state index contributed by atoms with van der Waals surface area (Å²) in [5, 5.41) is 6.81. The lowest BCUT2D eigenvalue weighted by Gasteiger charge is -2.40. The van der Waals surface area contributed by atoms with E-state index >= 15 is 0 Å². The van der Waals surface area contributed by atoms with E-state index in [2.05, 4.69) is 74.7 Å². The molecule has 1 amide bonds. The highest BCUT2D eigenvalue weighted by Gasteiger charge is 2.41.